The lowest BCUT2D eigenvalue weighted by Crippen LogP contribution is -2.47. The van der Waals surface area contributed by atoms with E-state index in [4.69, 9.17) is 4.42 Å². The van der Waals surface area contributed by atoms with Crippen molar-refractivity contribution in [2.75, 3.05) is 33.2 Å². The lowest BCUT2D eigenvalue weighted by atomic mass is 10.2. The smallest absolute Gasteiger partial charge is 0.289 e. The fourth-order valence-corrected chi connectivity index (χ4v) is 2.25. The average molecular weight is 244 g/mol. The molecule has 0 unspecified atom stereocenters. The minimum absolute atomic E-state index is 0.000648. The molecule has 1 aliphatic heterocycles. The van der Waals surface area contributed by atoms with Gasteiger partial charge in [0.2, 0.25) is 0 Å². The van der Waals surface area contributed by atoms with Gasteiger partial charge >= 0.3 is 0 Å². The molecule has 1 fully saturated rings. The lowest BCUT2D eigenvalue weighted by molar-refractivity contribution is 0.0635. The minimum atomic E-state index is -0.000648. The summed E-state index contributed by atoms with van der Waals surface area (Å²) in [6, 6.07) is 9.53. The van der Waals surface area contributed by atoms with Crippen LogP contribution in [0.5, 0.6) is 0 Å². The molecule has 0 N–H and O–H groups in total. The molecule has 3 rings (SSSR count). The van der Waals surface area contributed by atoms with Crippen LogP contribution in [0.4, 0.5) is 0 Å². The van der Waals surface area contributed by atoms with Crippen LogP contribution in [0.1, 0.15) is 10.6 Å². The molecule has 94 valence electrons. The van der Waals surface area contributed by atoms with Crippen LogP contribution in [0.2, 0.25) is 0 Å². The van der Waals surface area contributed by atoms with E-state index in [1.54, 1.807) is 0 Å². The first-order valence-electron chi connectivity index (χ1n) is 6.20. The van der Waals surface area contributed by atoms with Gasteiger partial charge in [0.15, 0.2) is 5.76 Å². The average Bonchev–Trinajstić information content (AvgIpc) is 2.82. The summed E-state index contributed by atoms with van der Waals surface area (Å²) in [6.07, 6.45) is 0. The molecular formula is C14H16N2O2. The van der Waals surface area contributed by atoms with Crippen molar-refractivity contribution in [1.82, 2.24) is 9.80 Å². The second kappa shape index (κ2) is 4.46. The largest absolute Gasteiger partial charge is 0.451 e. The Morgan fingerprint density at radius 1 is 1.17 bits per heavy atom. The first kappa shape index (κ1) is 11.3. The van der Waals surface area contributed by atoms with Crippen LogP contribution >= 0.6 is 0 Å². The first-order valence-corrected chi connectivity index (χ1v) is 6.20. The Labute approximate surface area is 106 Å². The third-order valence-electron chi connectivity index (χ3n) is 3.43. The topological polar surface area (TPSA) is 36.7 Å². The number of para-hydroxylation sites is 1. The van der Waals surface area contributed by atoms with E-state index in [2.05, 4.69) is 11.9 Å². The third kappa shape index (κ3) is 1.99. The highest BCUT2D eigenvalue weighted by atomic mass is 16.3. The van der Waals surface area contributed by atoms with Crippen LogP contribution in [0.15, 0.2) is 34.7 Å². The highest BCUT2D eigenvalue weighted by Gasteiger charge is 2.22. The molecule has 1 aromatic carbocycles. The van der Waals surface area contributed by atoms with Crippen molar-refractivity contribution in [2.24, 2.45) is 0 Å². The molecule has 1 aromatic heterocycles. The number of fused-ring (bicyclic) bond motifs is 1. The van der Waals surface area contributed by atoms with Gasteiger partial charge in [-0.05, 0) is 19.2 Å². The van der Waals surface area contributed by atoms with Crippen molar-refractivity contribution in [2.45, 2.75) is 0 Å². The zero-order valence-electron chi connectivity index (χ0n) is 10.4. The van der Waals surface area contributed by atoms with E-state index in [0.717, 1.165) is 37.1 Å². The molecule has 0 aliphatic carbocycles. The highest BCUT2D eigenvalue weighted by molar-refractivity contribution is 5.96. The molecule has 0 spiro atoms. The Balaban J connectivity index is 1.83. The van der Waals surface area contributed by atoms with Crippen molar-refractivity contribution in [3.05, 3.63) is 36.1 Å². The molecule has 4 heteroatoms. The van der Waals surface area contributed by atoms with Gasteiger partial charge < -0.3 is 14.2 Å². The monoisotopic (exact) mass is 244 g/mol. The van der Waals surface area contributed by atoms with Gasteiger partial charge in [-0.3, -0.25) is 4.79 Å². The summed E-state index contributed by atoms with van der Waals surface area (Å²) in [7, 11) is 2.07. The molecule has 2 heterocycles. The van der Waals surface area contributed by atoms with Crippen molar-refractivity contribution >= 4 is 16.9 Å². The zero-order chi connectivity index (χ0) is 12.5. The Kier molecular flexibility index (Phi) is 2.80. The molecule has 0 radical (unpaired) electrons. The van der Waals surface area contributed by atoms with E-state index in [-0.39, 0.29) is 5.91 Å². The number of carbonyl (C=O) groups is 1. The summed E-state index contributed by atoms with van der Waals surface area (Å²) in [5.41, 5.74) is 0.773. The number of likely N-dealkylation sites (N-methyl/N-ethyl adjacent to an activating group) is 1. The predicted octanol–water partition coefficient (Wildman–Crippen LogP) is 1.82. The van der Waals surface area contributed by atoms with E-state index >= 15 is 0 Å². The maximum Gasteiger partial charge on any atom is 0.289 e. The van der Waals surface area contributed by atoms with Crippen LogP contribution in [0.25, 0.3) is 11.0 Å². The number of piperazine rings is 1. The van der Waals surface area contributed by atoms with Crippen LogP contribution in [0.3, 0.4) is 0 Å². The van der Waals surface area contributed by atoms with Gasteiger partial charge in [0, 0.05) is 31.6 Å². The number of furan rings is 1. The van der Waals surface area contributed by atoms with Crippen LogP contribution in [-0.4, -0.2) is 48.9 Å². The Morgan fingerprint density at radius 2 is 1.89 bits per heavy atom. The van der Waals surface area contributed by atoms with E-state index in [1.165, 1.54) is 0 Å². The Bertz CT molecular complexity index is 535. The van der Waals surface area contributed by atoms with Gasteiger partial charge in [-0.2, -0.15) is 0 Å². The first-order chi connectivity index (χ1) is 8.74. The molecule has 1 aliphatic rings. The number of hydrogen-bond donors (Lipinski definition) is 0. The third-order valence-corrected chi connectivity index (χ3v) is 3.43. The second-order valence-corrected chi connectivity index (χ2v) is 4.74. The van der Waals surface area contributed by atoms with Crippen molar-refractivity contribution in [1.29, 1.82) is 0 Å². The standard InChI is InChI=1S/C14H16N2O2/c1-15-6-8-16(9-7-15)14(17)13-10-11-4-2-3-5-12(11)18-13/h2-5,10H,6-9H2,1H3. The summed E-state index contributed by atoms with van der Waals surface area (Å²) in [6.45, 7) is 3.39. The summed E-state index contributed by atoms with van der Waals surface area (Å²) in [5, 5.41) is 0.981. The van der Waals surface area contributed by atoms with Gasteiger partial charge in [0.25, 0.3) is 5.91 Å². The number of hydrogen-bond acceptors (Lipinski definition) is 3. The summed E-state index contributed by atoms with van der Waals surface area (Å²) in [5.74, 6) is 0.444. The maximum absolute atomic E-state index is 12.3. The summed E-state index contributed by atoms with van der Waals surface area (Å²) >= 11 is 0. The highest BCUT2D eigenvalue weighted by Crippen LogP contribution is 2.20. The molecule has 18 heavy (non-hydrogen) atoms. The SMILES string of the molecule is CN1CCN(C(=O)c2cc3ccccc3o2)CC1. The Hall–Kier alpha value is -1.81. The van der Waals surface area contributed by atoms with Gasteiger partial charge in [0.1, 0.15) is 5.58 Å². The van der Waals surface area contributed by atoms with Gasteiger partial charge in [-0.15, -0.1) is 0 Å². The van der Waals surface area contributed by atoms with E-state index in [9.17, 15) is 4.79 Å². The number of amides is 1. The predicted molar refractivity (Wildman–Crippen MR) is 69.6 cm³/mol. The molecule has 4 nitrogen and oxygen atoms in total. The van der Waals surface area contributed by atoms with E-state index < -0.39 is 0 Å². The van der Waals surface area contributed by atoms with Gasteiger partial charge in [-0.25, -0.2) is 0 Å². The van der Waals surface area contributed by atoms with Crippen LogP contribution < -0.4 is 0 Å². The molecule has 1 amide bonds. The molecule has 1 saturated heterocycles. The second-order valence-electron chi connectivity index (χ2n) is 4.74. The lowest BCUT2D eigenvalue weighted by Gasteiger charge is -2.31. The van der Waals surface area contributed by atoms with Crippen molar-refractivity contribution in [3.63, 3.8) is 0 Å². The quantitative estimate of drug-likeness (QED) is 0.767. The maximum atomic E-state index is 12.3. The number of rotatable bonds is 1. The van der Waals surface area contributed by atoms with Gasteiger partial charge in [0.05, 0.1) is 0 Å². The fraction of sp³-hybridized carbons (Fsp3) is 0.357. The van der Waals surface area contributed by atoms with Crippen molar-refractivity contribution < 1.29 is 9.21 Å². The zero-order valence-corrected chi connectivity index (χ0v) is 10.4. The number of benzene rings is 1. The van der Waals surface area contributed by atoms with Gasteiger partial charge in [-0.1, -0.05) is 18.2 Å². The molecule has 0 atom stereocenters. The molecular weight excluding hydrogens is 228 g/mol. The molecule has 2 aromatic rings. The normalized spacial score (nSPS) is 17.3. The van der Waals surface area contributed by atoms with Crippen LogP contribution in [-0.2, 0) is 0 Å². The van der Waals surface area contributed by atoms with Crippen LogP contribution in [0, 0.1) is 0 Å². The molecule has 0 saturated carbocycles. The Morgan fingerprint density at radius 3 is 2.61 bits per heavy atom. The fourth-order valence-electron chi connectivity index (χ4n) is 2.25. The molecule has 0 bridgehead atoms. The van der Waals surface area contributed by atoms with E-state index in [0.29, 0.717) is 5.76 Å². The van der Waals surface area contributed by atoms with Crippen molar-refractivity contribution in [3.8, 4) is 0 Å². The van der Waals surface area contributed by atoms with E-state index in [1.807, 2.05) is 35.2 Å². The minimum Gasteiger partial charge on any atom is -0.451 e. The summed E-state index contributed by atoms with van der Waals surface area (Å²) in [4.78, 5) is 16.4. The summed E-state index contributed by atoms with van der Waals surface area (Å²) < 4.78 is 5.61. The number of carbonyl (C=O) groups excluding carboxylic acids is 1. The number of nitrogens with zero attached hydrogens (tertiary/aromatic N) is 2.